The molecule has 0 saturated heterocycles. The van der Waals surface area contributed by atoms with Gasteiger partial charge < -0.3 is 5.73 Å². The number of aromatic nitrogens is 2. The fourth-order valence-electron chi connectivity index (χ4n) is 7.04. The van der Waals surface area contributed by atoms with E-state index in [0.717, 1.165) is 57.3 Å². The van der Waals surface area contributed by atoms with Crippen LogP contribution >= 0.6 is 0 Å². The molecule has 7 aromatic rings. The second-order valence-electron chi connectivity index (χ2n) is 13.1. The Morgan fingerprint density at radius 2 is 1.38 bits per heavy atom. The van der Waals surface area contributed by atoms with Crippen molar-refractivity contribution >= 4 is 28.7 Å². The maximum Gasteiger partial charge on any atom is 0.157 e. The first-order valence-corrected chi connectivity index (χ1v) is 17.9. The summed E-state index contributed by atoms with van der Waals surface area (Å²) >= 11 is 0. The molecule has 0 radical (unpaired) electrons. The van der Waals surface area contributed by atoms with Gasteiger partial charge in [-0.15, -0.1) is 0 Å². The number of rotatable bonds is 8. The summed E-state index contributed by atoms with van der Waals surface area (Å²) in [6.07, 6.45) is 9.84. The van der Waals surface area contributed by atoms with E-state index in [1.807, 2.05) is 42.7 Å². The van der Waals surface area contributed by atoms with Crippen LogP contribution in [0.4, 0.5) is 0 Å². The van der Waals surface area contributed by atoms with E-state index in [0.29, 0.717) is 11.7 Å². The van der Waals surface area contributed by atoms with E-state index in [1.54, 1.807) is 0 Å². The van der Waals surface area contributed by atoms with Crippen molar-refractivity contribution in [3.63, 3.8) is 0 Å². The van der Waals surface area contributed by atoms with Gasteiger partial charge in [-0.3, -0.25) is 15.0 Å². The molecule has 2 aromatic heterocycles. The van der Waals surface area contributed by atoms with Gasteiger partial charge in [-0.05, 0) is 58.4 Å². The fourth-order valence-corrected chi connectivity index (χ4v) is 7.04. The summed E-state index contributed by atoms with van der Waals surface area (Å²) < 4.78 is 0. The van der Waals surface area contributed by atoms with E-state index in [-0.39, 0.29) is 12.0 Å². The molecule has 0 saturated carbocycles. The molecule has 52 heavy (non-hydrogen) atoms. The summed E-state index contributed by atoms with van der Waals surface area (Å²) in [5.74, 6) is 1.22. The molecular weight excluding hydrogens is 635 g/mol. The lowest BCUT2D eigenvalue weighted by Crippen LogP contribution is -2.17. The largest absolute Gasteiger partial charge is 0.383 e. The molecule has 252 valence electrons. The first kappa shape index (κ1) is 32.7. The van der Waals surface area contributed by atoms with Crippen molar-refractivity contribution in [1.29, 1.82) is 0 Å². The van der Waals surface area contributed by atoms with Crippen molar-refractivity contribution in [1.82, 2.24) is 9.97 Å². The van der Waals surface area contributed by atoms with Gasteiger partial charge in [0.05, 0.1) is 17.3 Å². The summed E-state index contributed by atoms with van der Waals surface area (Å²) in [6, 6.07) is 50.3. The summed E-state index contributed by atoms with van der Waals surface area (Å²) in [5.41, 5.74) is 18.7. The molecule has 1 aliphatic rings. The van der Waals surface area contributed by atoms with Crippen molar-refractivity contribution in [3.8, 4) is 22.3 Å². The van der Waals surface area contributed by atoms with Crippen LogP contribution in [0.3, 0.4) is 0 Å². The van der Waals surface area contributed by atoms with E-state index in [1.165, 1.54) is 22.3 Å². The Morgan fingerprint density at radius 1 is 0.692 bits per heavy atom. The highest BCUT2D eigenvalue weighted by Gasteiger charge is 2.21. The third-order valence-electron chi connectivity index (χ3n) is 9.86. The number of nitrogens with zero attached hydrogens (tertiary/aromatic N) is 4. The molecule has 8 rings (SSSR count). The van der Waals surface area contributed by atoms with Crippen LogP contribution in [0.2, 0.25) is 0 Å². The van der Waals surface area contributed by atoms with Crippen LogP contribution in [0.5, 0.6) is 0 Å². The van der Waals surface area contributed by atoms with Gasteiger partial charge in [-0.1, -0.05) is 153 Å². The molecule has 0 fully saturated rings. The van der Waals surface area contributed by atoms with Crippen molar-refractivity contribution in [2.75, 3.05) is 0 Å². The predicted octanol–water partition coefficient (Wildman–Crippen LogP) is 10.8. The van der Waals surface area contributed by atoms with Gasteiger partial charge in [0.2, 0.25) is 0 Å². The lowest BCUT2D eigenvalue weighted by atomic mass is 9.85. The Labute approximate surface area is 305 Å². The number of amidine groups is 2. The maximum absolute atomic E-state index is 6.79. The highest BCUT2D eigenvalue weighted by Crippen LogP contribution is 2.34. The standard InChI is InChI=1S/C47H39N5/c1-2-43(36-24-18-33(19-25-36)32-10-4-3-5-11-32)51-47(40-28-22-35(23-29-40)42-17-7-13-38-15-9-31-50-45(38)42)52-46(48)39-26-20-34(21-27-39)41-16-6-12-37-14-8-30-49-44(37)41/h3-16,18-31,42-43H,2,17H2,1H3,(H2,48,51,52). The van der Waals surface area contributed by atoms with Crippen LogP contribution in [0.15, 0.2) is 174 Å². The molecule has 0 aliphatic heterocycles. The zero-order valence-corrected chi connectivity index (χ0v) is 29.1. The molecule has 5 nitrogen and oxygen atoms in total. The summed E-state index contributed by atoms with van der Waals surface area (Å²) in [5, 5.41) is 1.11. The smallest absolute Gasteiger partial charge is 0.157 e. The zero-order chi connectivity index (χ0) is 35.3. The predicted molar refractivity (Wildman–Crippen MR) is 216 cm³/mol. The molecule has 5 aromatic carbocycles. The lowest BCUT2D eigenvalue weighted by Gasteiger charge is -2.21. The monoisotopic (exact) mass is 673 g/mol. The highest BCUT2D eigenvalue weighted by molar-refractivity contribution is 6.11. The van der Waals surface area contributed by atoms with Crippen molar-refractivity contribution in [2.45, 2.75) is 31.7 Å². The van der Waals surface area contributed by atoms with E-state index in [4.69, 9.17) is 20.7 Å². The van der Waals surface area contributed by atoms with E-state index in [9.17, 15) is 0 Å². The van der Waals surface area contributed by atoms with E-state index in [2.05, 4.69) is 139 Å². The molecule has 0 spiro atoms. The van der Waals surface area contributed by atoms with Crippen LogP contribution < -0.4 is 5.73 Å². The minimum atomic E-state index is -0.100. The normalized spacial score (nSPS) is 15.0. The molecule has 2 heterocycles. The topological polar surface area (TPSA) is 76.5 Å². The molecule has 2 unspecified atom stereocenters. The van der Waals surface area contributed by atoms with Gasteiger partial charge in [0.15, 0.2) is 5.84 Å². The van der Waals surface area contributed by atoms with Crippen LogP contribution in [-0.2, 0) is 0 Å². The molecular formula is C47H39N5. The third-order valence-corrected chi connectivity index (χ3v) is 9.86. The summed E-state index contributed by atoms with van der Waals surface area (Å²) in [6.45, 7) is 2.16. The average molecular weight is 674 g/mol. The van der Waals surface area contributed by atoms with Gasteiger partial charge in [0, 0.05) is 40.4 Å². The fraction of sp³-hybridized carbons (Fsp3) is 0.106. The minimum absolute atomic E-state index is 0.100. The SMILES string of the molecule is CCC(/N=C(\N=C(/N)c1ccc(-c2cccc3cccnc23)cc1)c1ccc(C2CC=Cc3cccnc32)cc1)c1ccc(-c2ccccc2)cc1. The quantitative estimate of drug-likeness (QED) is 0.129. The number of aliphatic imine (C=N–C) groups is 2. The Balaban J connectivity index is 1.14. The number of nitrogens with two attached hydrogens (primary N) is 1. The van der Waals surface area contributed by atoms with E-state index >= 15 is 0 Å². The molecule has 0 amide bonds. The minimum Gasteiger partial charge on any atom is -0.383 e. The van der Waals surface area contributed by atoms with Gasteiger partial charge in [-0.25, -0.2) is 4.99 Å². The van der Waals surface area contributed by atoms with Crippen LogP contribution in [-0.4, -0.2) is 21.6 Å². The number of allylic oxidation sites excluding steroid dienone is 1. The Morgan fingerprint density at radius 3 is 2.17 bits per heavy atom. The summed E-state index contributed by atoms with van der Waals surface area (Å²) in [4.78, 5) is 19.7. The number of hydrogen-bond donors (Lipinski definition) is 1. The van der Waals surface area contributed by atoms with Crippen molar-refractivity contribution in [3.05, 3.63) is 198 Å². The first-order chi connectivity index (χ1) is 25.6. The molecule has 0 bridgehead atoms. The molecule has 2 N–H and O–H groups in total. The number of para-hydroxylation sites is 1. The molecule has 1 aliphatic carbocycles. The van der Waals surface area contributed by atoms with Gasteiger partial charge >= 0.3 is 0 Å². The average Bonchev–Trinajstić information content (AvgIpc) is 3.22. The Bertz CT molecular complexity index is 2400. The van der Waals surface area contributed by atoms with Crippen LogP contribution in [0.1, 0.15) is 65.2 Å². The zero-order valence-electron chi connectivity index (χ0n) is 29.1. The van der Waals surface area contributed by atoms with Gasteiger partial charge in [-0.2, -0.15) is 0 Å². The third kappa shape index (κ3) is 6.81. The lowest BCUT2D eigenvalue weighted by molar-refractivity contribution is 0.700. The second kappa shape index (κ2) is 14.8. The summed E-state index contributed by atoms with van der Waals surface area (Å²) in [7, 11) is 0. The van der Waals surface area contributed by atoms with Crippen LogP contribution in [0.25, 0.3) is 39.2 Å². The van der Waals surface area contributed by atoms with Gasteiger partial charge in [0.1, 0.15) is 5.84 Å². The number of fused-ring (bicyclic) bond motifs is 2. The Kier molecular flexibility index (Phi) is 9.31. The Hall–Kier alpha value is -6.46. The maximum atomic E-state index is 6.79. The molecule has 2 atom stereocenters. The second-order valence-corrected chi connectivity index (χ2v) is 13.1. The number of pyridine rings is 2. The number of hydrogen-bond acceptors (Lipinski definition) is 3. The molecule has 5 heteroatoms. The van der Waals surface area contributed by atoms with Crippen molar-refractivity contribution in [2.24, 2.45) is 15.7 Å². The van der Waals surface area contributed by atoms with Gasteiger partial charge in [0.25, 0.3) is 0 Å². The van der Waals surface area contributed by atoms with Crippen molar-refractivity contribution < 1.29 is 0 Å². The van der Waals surface area contributed by atoms with E-state index < -0.39 is 0 Å². The number of benzene rings is 5. The highest BCUT2D eigenvalue weighted by atomic mass is 15.0. The first-order valence-electron chi connectivity index (χ1n) is 17.9. The van der Waals surface area contributed by atoms with Crippen LogP contribution in [0, 0.1) is 0 Å².